The van der Waals surface area contributed by atoms with Gasteiger partial charge in [0.05, 0.1) is 6.10 Å². The molecule has 1 N–H and O–H groups in total. The van der Waals surface area contributed by atoms with E-state index in [0.29, 0.717) is 6.42 Å². The molecule has 0 aliphatic heterocycles. The molecule has 0 aliphatic rings. The van der Waals surface area contributed by atoms with Crippen LogP contribution in [0.2, 0.25) is 5.02 Å². The average molecular weight is 293 g/mol. The van der Waals surface area contributed by atoms with Crippen molar-refractivity contribution in [2.24, 2.45) is 0 Å². The number of aryl methyl sites for hydroxylation is 1. The summed E-state index contributed by atoms with van der Waals surface area (Å²) in [5.41, 5.74) is 3.04. The minimum Gasteiger partial charge on any atom is -0.388 e. The summed E-state index contributed by atoms with van der Waals surface area (Å²) in [7, 11) is 0. The van der Waals surface area contributed by atoms with E-state index in [0.717, 1.165) is 21.7 Å². The fourth-order valence-electron chi connectivity index (χ4n) is 1.97. The molecule has 2 aromatic carbocycles. The van der Waals surface area contributed by atoms with Crippen LogP contribution in [0.5, 0.6) is 0 Å². The van der Waals surface area contributed by atoms with Crippen molar-refractivity contribution in [2.75, 3.05) is 6.26 Å². The first kappa shape index (κ1) is 14.4. The Kier molecular flexibility index (Phi) is 4.92. The molecule has 0 heterocycles. The van der Waals surface area contributed by atoms with Crippen LogP contribution in [0.25, 0.3) is 0 Å². The van der Waals surface area contributed by atoms with E-state index in [1.165, 1.54) is 4.90 Å². The van der Waals surface area contributed by atoms with Gasteiger partial charge in [-0.25, -0.2) is 0 Å². The molecular formula is C16H17ClOS. The van der Waals surface area contributed by atoms with E-state index in [4.69, 9.17) is 11.6 Å². The molecule has 0 amide bonds. The van der Waals surface area contributed by atoms with Crippen molar-refractivity contribution in [3.05, 3.63) is 64.2 Å². The summed E-state index contributed by atoms with van der Waals surface area (Å²) in [4.78, 5) is 1.20. The highest BCUT2D eigenvalue weighted by molar-refractivity contribution is 7.98. The Morgan fingerprint density at radius 2 is 1.84 bits per heavy atom. The van der Waals surface area contributed by atoms with Gasteiger partial charge in [-0.3, -0.25) is 0 Å². The molecular weight excluding hydrogens is 276 g/mol. The van der Waals surface area contributed by atoms with Crippen LogP contribution in [-0.2, 0) is 6.42 Å². The molecule has 0 saturated carbocycles. The summed E-state index contributed by atoms with van der Waals surface area (Å²) >= 11 is 7.89. The Hall–Kier alpha value is -0.960. The first-order valence-corrected chi connectivity index (χ1v) is 7.77. The number of hydrogen-bond acceptors (Lipinski definition) is 2. The lowest BCUT2D eigenvalue weighted by Gasteiger charge is -2.13. The van der Waals surface area contributed by atoms with Gasteiger partial charge in [0.25, 0.3) is 0 Å². The second-order valence-corrected chi connectivity index (χ2v) is 5.87. The highest BCUT2D eigenvalue weighted by Gasteiger charge is 2.11. The molecule has 19 heavy (non-hydrogen) atoms. The lowest BCUT2D eigenvalue weighted by atomic mass is 10.0. The summed E-state index contributed by atoms with van der Waals surface area (Å²) < 4.78 is 0. The summed E-state index contributed by atoms with van der Waals surface area (Å²) in [6, 6.07) is 13.9. The standard InChI is InChI=1S/C16H17ClOS/c1-11-3-4-13(15(17)9-11)10-16(18)12-5-7-14(19-2)8-6-12/h3-9,16,18H,10H2,1-2H3. The van der Waals surface area contributed by atoms with Crippen LogP contribution in [0.4, 0.5) is 0 Å². The third-order valence-electron chi connectivity index (χ3n) is 3.12. The van der Waals surface area contributed by atoms with Gasteiger partial charge >= 0.3 is 0 Å². The van der Waals surface area contributed by atoms with E-state index in [1.54, 1.807) is 11.8 Å². The number of hydrogen-bond donors (Lipinski definition) is 1. The largest absolute Gasteiger partial charge is 0.388 e. The van der Waals surface area contributed by atoms with Crippen LogP contribution >= 0.6 is 23.4 Å². The van der Waals surface area contributed by atoms with Gasteiger partial charge in [0.2, 0.25) is 0 Å². The summed E-state index contributed by atoms with van der Waals surface area (Å²) in [5.74, 6) is 0. The van der Waals surface area contributed by atoms with Crippen molar-refractivity contribution in [1.82, 2.24) is 0 Å². The molecule has 2 rings (SSSR count). The van der Waals surface area contributed by atoms with E-state index >= 15 is 0 Å². The Balaban J connectivity index is 2.13. The van der Waals surface area contributed by atoms with Gasteiger partial charge in [0.1, 0.15) is 0 Å². The van der Waals surface area contributed by atoms with Crippen LogP contribution in [-0.4, -0.2) is 11.4 Å². The van der Waals surface area contributed by atoms with E-state index in [2.05, 4.69) is 0 Å². The maximum Gasteiger partial charge on any atom is 0.0830 e. The Labute approximate surface area is 123 Å². The zero-order valence-corrected chi connectivity index (χ0v) is 12.6. The Bertz CT molecular complexity index is 551. The number of rotatable bonds is 4. The minimum atomic E-state index is -0.517. The van der Waals surface area contributed by atoms with Crippen molar-refractivity contribution in [1.29, 1.82) is 0 Å². The van der Waals surface area contributed by atoms with Crippen molar-refractivity contribution in [2.45, 2.75) is 24.3 Å². The first-order valence-electron chi connectivity index (χ1n) is 6.17. The fourth-order valence-corrected chi connectivity index (χ4v) is 2.69. The topological polar surface area (TPSA) is 20.2 Å². The van der Waals surface area contributed by atoms with Crippen LogP contribution in [0.3, 0.4) is 0 Å². The number of halogens is 1. The second kappa shape index (κ2) is 6.47. The molecule has 0 aliphatic carbocycles. The Morgan fingerprint density at radius 3 is 2.42 bits per heavy atom. The minimum absolute atomic E-state index is 0.517. The quantitative estimate of drug-likeness (QED) is 0.828. The predicted molar refractivity (Wildman–Crippen MR) is 83.1 cm³/mol. The molecule has 0 fully saturated rings. The smallest absolute Gasteiger partial charge is 0.0830 e. The van der Waals surface area contributed by atoms with Crippen molar-refractivity contribution >= 4 is 23.4 Å². The highest BCUT2D eigenvalue weighted by Crippen LogP contribution is 2.25. The van der Waals surface area contributed by atoms with Crippen LogP contribution < -0.4 is 0 Å². The summed E-state index contributed by atoms with van der Waals surface area (Å²) in [5, 5.41) is 11.0. The lowest BCUT2D eigenvalue weighted by Crippen LogP contribution is -2.02. The normalized spacial score (nSPS) is 12.4. The molecule has 1 nitrogen and oxygen atoms in total. The average Bonchev–Trinajstić information content (AvgIpc) is 2.42. The van der Waals surface area contributed by atoms with Crippen molar-refractivity contribution in [3.8, 4) is 0 Å². The molecule has 0 spiro atoms. The van der Waals surface area contributed by atoms with Gasteiger partial charge in [-0.05, 0) is 48.1 Å². The Morgan fingerprint density at radius 1 is 1.16 bits per heavy atom. The molecule has 3 heteroatoms. The molecule has 100 valence electrons. The maximum absolute atomic E-state index is 10.3. The van der Waals surface area contributed by atoms with Crippen molar-refractivity contribution in [3.63, 3.8) is 0 Å². The lowest BCUT2D eigenvalue weighted by molar-refractivity contribution is 0.178. The van der Waals surface area contributed by atoms with Gasteiger partial charge in [-0.15, -0.1) is 11.8 Å². The van der Waals surface area contributed by atoms with E-state index in [9.17, 15) is 5.11 Å². The number of aliphatic hydroxyl groups is 1. The second-order valence-electron chi connectivity index (χ2n) is 4.59. The molecule has 0 aromatic heterocycles. The highest BCUT2D eigenvalue weighted by atomic mass is 35.5. The van der Waals surface area contributed by atoms with Gasteiger partial charge in [-0.1, -0.05) is 35.9 Å². The van der Waals surface area contributed by atoms with Crippen LogP contribution in [0.1, 0.15) is 22.8 Å². The molecule has 1 atom stereocenters. The third-order valence-corrected chi connectivity index (χ3v) is 4.22. The molecule has 0 radical (unpaired) electrons. The van der Waals surface area contributed by atoms with Crippen LogP contribution in [0.15, 0.2) is 47.4 Å². The molecule has 0 saturated heterocycles. The fraction of sp³-hybridized carbons (Fsp3) is 0.250. The number of thioether (sulfide) groups is 1. The predicted octanol–water partition coefficient (Wildman–Crippen LogP) is 4.65. The molecule has 1 unspecified atom stereocenters. The van der Waals surface area contributed by atoms with Gasteiger partial charge < -0.3 is 5.11 Å². The van der Waals surface area contributed by atoms with Gasteiger partial charge in [0.15, 0.2) is 0 Å². The summed E-state index contributed by atoms with van der Waals surface area (Å²) in [6.07, 6.45) is 2.06. The number of benzene rings is 2. The third kappa shape index (κ3) is 3.75. The van der Waals surface area contributed by atoms with Gasteiger partial charge in [-0.2, -0.15) is 0 Å². The van der Waals surface area contributed by atoms with E-state index in [1.807, 2.05) is 55.6 Å². The number of aliphatic hydroxyl groups excluding tert-OH is 1. The SMILES string of the molecule is CSc1ccc(C(O)Cc2ccc(C)cc2Cl)cc1. The monoisotopic (exact) mass is 292 g/mol. The van der Waals surface area contributed by atoms with Crippen molar-refractivity contribution < 1.29 is 5.11 Å². The zero-order valence-electron chi connectivity index (χ0n) is 11.1. The van der Waals surface area contributed by atoms with E-state index < -0.39 is 6.10 Å². The first-order chi connectivity index (χ1) is 9.10. The van der Waals surface area contributed by atoms with E-state index in [-0.39, 0.29) is 0 Å². The molecule has 0 bridgehead atoms. The van der Waals surface area contributed by atoms with Gasteiger partial charge in [0, 0.05) is 16.3 Å². The summed E-state index contributed by atoms with van der Waals surface area (Å²) in [6.45, 7) is 2.01. The van der Waals surface area contributed by atoms with Crippen LogP contribution in [0, 0.1) is 6.92 Å². The zero-order chi connectivity index (χ0) is 13.8. The maximum atomic E-state index is 10.3. The molecule has 2 aromatic rings.